The van der Waals surface area contributed by atoms with Crippen molar-refractivity contribution in [2.75, 3.05) is 20.2 Å². The fraction of sp³-hybridized carbons (Fsp3) is 0.385. The van der Waals surface area contributed by atoms with Crippen LogP contribution in [0.4, 0.5) is 4.39 Å². The van der Waals surface area contributed by atoms with E-state index in [0.29, 0.717) is 10.7 Å². The molecule has 0 radical (unpaired) electrons. The van der Waals surface area contributed by atoms with Crippen LogP contribution >= 0.6 is 0 Å². The number of esters is 1. The van der Waals surface area contributed by atoms with Gasteiger partial charge in [-0.2, -0.15) is 4.31 Å². The van der Waals surface area contributed by atoms with Gasteiger partial charge in [-0.15, -0.1) is 0 Å². The zero-order valence-corrected chi connectivity index (χ0v) is 12.9. The fourth-order valence-corrected chi connectivity index (χ4v) is 3.51. The summed E-state index contributed by atoms with van der Waals surface area (Å²) in [5.41, 5.74) is -0.739. The van der Waals surface area contributed by atoms with Gasteiger partial charge in [-0.3, -0.25) is 4.79 Å². The van der Waals surface area contributed by atoms with E-state index in [-0.39, 0.29) is 6.54 Å². The highest BCUT2D eigenvalue weighted by atomic mass is 32.2. The molecule has 0 atom stereocenters. The first kappa shape index (κ1) is 18.1. The van der Waals surface area contributed by atoms with Crippen molar-refractivity contribution in [2.24, 2.45) is 0 Å². The first-order valence-electron chi connectivity index (χ1n) is 6.34. The van der Waals surface area contributed by atoms with Gasteiger partial charge in [0, 0.05) is 6.54 Å². The Labute approximate surface area is 127 Å². The topological polar surface area (TPSA) is 101 Å². The molecule has 0 aliphatic rings. The molecule has 0 fully saturated rings. The number of carboxylic acid groups (broad SMARTS) is 1. The number of nitrogens with zero attached hydrogens (tertiary/aromatic N) is 1. The smallest absolute Gasteiger partial charge is 0.342 e. The summed E-state index contributed by atoms with van der Waals surface area (Å²) in [4.78, 5) is 21.9. The number of halogens is 1. The van der Waals surface area contributed by atoms with Crippen molar-refractivity contribution in [3.8, 4) is 0 Å². The lowest BCUT2D eigenvalue weighted by Crippen LogP contribution is -2.37. The van der Waals surface area contributed by atoms with Crippen LogP contribution < -0.4 is 0 Å². The molecule has 0 saturated carbocycles. The first-order chi connectivity index (χ1) is 10.3. The van der Waals surface area contributed by atoms with E-state index in [1.807, 2.05) is 0 Å². The Kier molecular flexibility index (Phi) is 6.01. The third-order valence-corrected chi connectivity index (χ3v) is 4.65. The first-order valence-corrected chi connectivity index (χ1v) is 7.78. The Hall–Kier alpha value is -2.00. The molecule has 1 aromatic carbocycles. The summed E-state index contributed by atoms with van der Waals surface area (Å²) in [6, 6.07) is 3.08. The van der Waals surface area contributed by atoms with E-state index in [2.05, 4.69) is 4.74 Å². The van der Waals surface area contributed by atoms with Gasteiger partial charge in [0.15, 0.2) is 0 Å². The van der Waals surface area contributed by atoms with Crippen molar-refractivity contribution in [3.63, 3.8) is 0 Å². The number of carbonyl (C=O) groups excluding carboxylic acids is 1. The maximum atomic E-state index is 13.8. The van der Waals surface area contributed by atoms with Crippen molar-refractivity contribution >= 4 is 22.0 Å². The average Bonchev–Trinajstić information content (AvgIpc) is 2.45. The summed E-state index contributed by atoms with van der Waals surface area (Å²) in [7, 11) is -3.36. The number of carboxylic acids is 1. The highest BCUT2D eigenvalue weighted by molar-refractivity contribution is 7.89. The molecule has 1 N–H and O–H groups in total. The number of ether oxygens (including phenoxy) is 1. The Morgan fingerprint density at radius 3 is 2.50 bits per heavy atom. The molecule has 0 aliphatic heterocycles. The third kappa shape index (κ3) is 3.80. The monoisotopic (exact) mass is 333 g/mol. The summed E-state index contributed by atoms with van der Waals surface area (Å²) in [5, 5.41) is 8.83. The fourth-order valence-electron chi connectivity index (χ4n) is 1.84. The maximum Gasteiger partial charge on any atom is 0.342 e. The molecule has 122 valence electrons. The van der Waals surface area contributed by atoms with Crippen LogP contribution in [-0.4, -0.2) is 50.0 Å². The van der Waals surface area contributed by atoms with Gasteiger partial charge < -0.3 is 9.84 Å². The largest absolute Gasteiger partial charge is 0.480 e. The molecule has 0 saturated heterocycles. The summed E-state index contributed by atoms with van der Waals surface area (Å²) in [6.45, 7) is 0.802. The quantitative estimate of drug-likeness (QED) is 0.750. The number of sulfonamides is 1. The lowest BCUT2D eigenvalue weighted by Gasteiger charge is -2.21. The molecule has 0 heterocycles. The molecule has 0 aliphatic carbocycles. The van der Waals surface area contributed by atoms with Crippen LogP contribution in [0.2, 0.25) is 0 Å². The summed E-state index contributed by atoms with van der Waals surface area (Å²) in [6.07, 6.45) is 0.357. The lowest BCUT2D eigenvalue weighted by atomic mass is 10.2. The molecule has 0 aromatic heterocycles. The van der Waals surface area contributed by atoms with Gasteiger partial charge in [0.25, 0.3) is 0 Å². The van der Waals surface area contributed by atoms with Gasteiger partial charge >= 0.3 is 11.9 Å². The number of methoxy groups -OCH3 is 1. The summed E-state index contributed by atoms with van der Waals surface area (Å²) < 4.78 is 44.0. The predicted octanol–water partition coefficient (Wildman–Crippen LogP) is 1.10. The number of hydrogen-bond acceptors (Lipinski definition) is 5. The van der Waals surface area contributed by atoms with Crippen molar-refractivity contribution in [1.82, 2.24) is 4.31 Å². The number of rotatable bonds is 7. The molecule has 0 bridgehead atoms. The standard InChI is InChI=1S/C13H16FNO6S/c1-3-7-15(8-11(16)17)22(19,20)10-6-4-5-9(14)12(10)13(18)21-2/h4-6H,3,7-8H2,1-2H3,(H,16,17). The van der Waals surface area contributed by atoms with E-state index in [9.17, 15) is 22.4 Å². The van der Waals surface area contributed by atoms with Crippen molar-refractivity contribution < 1.29 is 32.2 Å². The minimum atomic E-state index is -4.35. The van der Waals surface area contributed by atoms with Gasteiger partial charge in [0.1, 0.15) is 17.9 Å². The van der Waals surface area contributed by atoms with Crippen molar-refractivity contribution in [3.05, 3.63) is 29.6 Å². The van der Waals surface area contributed by atoms with E-state index >= 15 is 0 Å². The number of benzene rings is 1. The molecule has 1 rings (SSSR count). The Bertz CT molecular complexity index is 673. The van der Waals surface area contributed by atoms with Crippen LogP contribution in [0.5, 0.6) is 0 Å². The Morgan fingerprint density at radius 2 is 2.00 bits per heavy atom. The van der Waals surface area contributed by atoms with E-state index in [0.717, 1.165) is 25.3 Å². The SMILES string of the molecule is CCCN(CC(=O)O)S(=O)(=O)c1cccc(F)c1C(=O)OC. The normalized spacial score (nSPS) is 11.5. The van der Waals surface area contributed by atoms with Gasteiger partial charge in [-0.05, 0) is 18.6 Å². The second-order valence-corrected chi connectivity index (χ2v) is 6.24. The number of carbonyl (C=O) groups is 2. The minimum Gasteiger partial charge on any atom is -0.480 e. The molecule has 0 unspecified atom stereocenters. The van der Waals surface area contributed by atoms with Gasteiger partial charge in [-0.1, -0.05) is 13.0 Å². The lowest BCUT2D eigenvalue weighted by molar-refractivity contribution is -0.137. The molecule has 0 amide bonds. The van der Waals surface area contributed by atoms with Crippen LogP contribution in [0.15, 0.2) is 23.1 Å². The van der Waals surface area contributed by atoms with Crippen LogP contribution in [0.1, 0.15) is 23.7 Å². The Balaban J connectivity index is 3.47. The number of aliphatic carboxylic acids is 1. The van der Waals surface area contributed by atoms with Crippen molar-refractivity contribution in [1.29, 1.82) is 0 Å². The molecule has 7 nitrogen and oxygen atoms in total. The summed E-state index contributed by atoms with van der Waals surface area (Å²) in [5.74, 6) is -3.56. The molecular formula is C13H16FNO6S. The predicted molar refractivity (Wildman–Crippen MR) is 74.4 cm³/mol. The zero-order chi connectivity index (χ0) is 16.9. The van der Waals surface area contributed by atoms with Crippen LogP contribution in [-0.2, 0) is 19.6 Å². The highest BCUT2D eigenvalue weighted by Gasteiger charge is 2.32. The Morgan fingerprint density at radius 1 is 1.36 bits per heavy atom. The minimum absolute atomic E-state index is 0.0776. The molecule has 9 heteroatoms. The van der Waals surface area contributed by atoms with Crippen LogP contribution in [0.25, 0.3) is 0 Å². The van der Waals surface area contributed by atoms with Crippen molar-refractivity contribution in [2.45, 2.75) is 18.2 Å². The highest BCUT2D eigenvalue weighted by Crippen LogP contribution is 2.23. The second kappa shape index (κ2) is 7.32. The van der Waals surface area contributed by atoms with Crippen LogP contribution in [0, 0.1) is 5.82 Å². The molecular weight excluding hydrogens is 317 g/mol. The second-order valence-electron chi connectivity index (χ2n) is 4.34. The summed E-state index contributed by atoms with van der Waals surface area (Å²) >= 11 is 0. The van der Waals surface area contributed by atoms with E-state index in [1.54, 1.807) is 6.92 Å². The van der Waals surface area contributed by atoms with E-state index in [4.69, 9.17) is 5.11 Å². The third-order valence-electron chi connectivity index (χ3n) is 2.77. The molecule has 22 heavy (non-hydrogen) atoms. The zero-order valence-electron chi connectivity index (χ0n) is 12.1. The average molecular weight is 333 g/mol. The number of hydrogen-bond donors (Lipinski definition) is 1. The molecule has 0 spiro atoms. The maximum absolute atomic E-state index is 13.8. The van der Waals surface area contributed by atoms with Gasteiger partial charge in [-0.25, -0.2) is 17.6 Å². The van der Waals surface area contributed by atoms with Gasteiger partial charge in [0.05, 0.1) is 12.0 Å². The van der Waals surface area contributed by atoms with E-state index in [1.165, 1.54) is 0 Å². The van der Waals surface area contributed by atoms with E-state index < -0.39 is 44.8 Å². The van der Waals surface area contributed by atoms with Crippen LogP contribution in [0.3, 0.4) is 0 Å². The van der Waals surface area contributed by atoms with Gasteiger partial charge in [0.2, 0.25) is 10.0 Å². The molecule has 1 aromatic rings.